The number of hydrogen-bond acceptors (Lipinski definition) is 7. The second-order valence-electron chi connectivity index (χ2n) is 9.69. The molecule has 1 fully saturated rings. The van der Waals surface area contributed by atoms with Gasteiger partial charge in [0, 0.05) is 49.9 Å². The van der Waals surface area contributed by atoms with Crippen molar-refractivity contribution in [2.24, 2.45) is 0 Å². The number of halogens is 1. The number of piperazine rings is 1. The van der Waals surface area contributed by atoms with Crippen molar-refractivity contribution in [2.75, 3.05) is 43.4 Å². The van der Waals surface area contributed by atoms with Gasteiger partial charge in [0.1, 0.15) is 11.4 Å². The van der Waals surface area contributed by atoms with E-state index in [1.807, 2.05) is 24.3 Å². The monoisotopic (exact) mass is 473 g/mol. The van der Waals surface area contributed by atoms with Crippen LogP contribution in [0.2, 0.25) is 0 Å². The van der Waals surface area contributed by atoms with Gasteiger partial charge in [0.15, 0.2) is 11.5 Å². The van der Waals surface area contributed by atoms with Gasteiger partial charge in [0.05, 0.1) is 11.1 Å². The molecule has 1 saturated heterocycles. The summed E-state index contributed by atoms with van der Waals surface area (Å²) in [5.74, 6) is 0.468. The first-order valence-corrected chi connectivity index (χ1v) is 11.9. The van der Waals surface area contributed by atoms with E-state index < -0.39 is 11.4 Å². The first-order chi connectivity index (χ1) is 16.9. The first-order valence-electron chi connectivity index (χ1n) is 11.9. The third-order valence-electron chi connectivity index (χ3n) is 7.09. The molecule has 1 atom stereocenters. The molecule has 9 heteroatoms. The number of aromatic nitrogens is 4. The topological polar surface area (TPSA) is 82.3 Å². The summed E-state index contributed by atoms with van der Waals surface area (Å²) in [5, 5.41) is 14.2. The lowest BCUT2D eigenvalue weighted by Gasteiger charge is -2.34. The van der Waals surface area contributed by atoms with Gasteiger partial charge in [-0.3, -0.25) is 4.57 Å². The number of fused-ring (bicyclic) bond motifs is 2. The van der Waals surface area contributed by atoms with Gasteiger partial charge < -0.3 is 20.2 Å². The van der Waals surface area contributed by atoms with E-state index >= 15 is 0 Å². The Bertz CT molecular complexity index is 1390. The zero-order valence-corrected chi connectivity index (χ0v) is 19.9. The van der Waals surface area contributed by atoms with Crippen LogP contribution in [0.1, 0.15) is 24.6 Å². The molecule has 35 heavy (non-hydrogen) atoms. The maximum atomic E-state index is 14.7. The van der Waals surface area contributed by atoms with Gasteiger partial charge >= 0.3 is 0 Å². The van der Waals surface area contributed by atoms with Crippen molar-refractivity contribution >= 4 is 28.4 Å². The van der Waals surface area contributed by atoms with Crippen molar-refractivity contribution in [1.82, 2.24) is 24.4 Å². The van der Waals surface area contributed by atoms with E-state index in [4.69, 9.17) is 0 Å². The fourth-order valence-electron chi connectivity index (χ4n) is 4.93. The van der Waals surface area contributed by atoms with Gasteiger partial charge in [-0.15, -0.1) is 0 Å². The van der Waals surface area contributed by atoms with Crippen LogP contribution in [0, 0.1) is 5.82 Å². The second kappa shape index (κ2) is 8.28. The summed E-state index contributed by atoms with van der Waals surface area (Å²) in [6.07, 6.45) is 4.26. The Labute approximate surface area is 203 Å². The van der Waals surface area contributed by atoms with Crippen LogP contribution in [0.5, 0.6) is 0 Å². The molecular weight excluding hydrogens is 445 g/mol. The zero-order chi connectivity index (χ0) is 24.2. The predicted molar refractivity (Wildman–Crippen MR) is 134 cm³/mol. The molecule has 0 saturated carbocycles. The molecule has 1 aromatic carbocycles. The number of nitrogens with zero attached hydrogens (tertiary/aromatic N) is 6. The number of aliphatic hydroxyl groups is 1. The molecular formula is C26H28FN7O. The maximum Gasteiger partial charge on any atom is 0.229 e. The summed E-state index contributed by atoms with van der Waals surface area (Å²) >= 11 is 0. The summed E-state index contributed by atoms with van der Waals surface area (Å²) in [6, 6.07) is 12.0. The van der Waals surface area contributed by atoms with Gasteiger partial charge in [-0.2, -0.15) is 4.98 Å². The highest BCUT2D eigenvalue weighted by Gasteiger charge is 2.34. The molecule has 4 heterocycles. The number of aryl methyl sites for hydroxylation is 1. The van der Waals surface area contributed by atoms with Gasteiger partial charge in [0.2, 0.25) is 5.95 Å². The number of hydrogen-bond donors (Lipinski definition) is 2. The standard InChI is InChI=1S/C26H28FN7O/c1-26(35)10-9-17-3-8-22(30-23(17)26)34-16-21(27)20-15-28-25(31-24(20)34)29-18-4-6-19(7-5-18)33-13-11-32(2)12-14-33/h3-8,15-16,35H,9-14H2,1-2H3,(H,28,29,31)/t26-/m0/s1. The fourth-order valence-corrected chi connectivity index (χ4v) is 4.93. The van der Waals surface area contributed by atoms with Crippen molar-refractivity contribution in [2.45, 2.75) is 25.4 Å². The van der Waals surface area contributed by atoms with Crippen LogP contribution >= 0.6 is 0 Å². The molecule has 0 spiro atoms. The molecule has 6 rings (SSSR count). The Balaban J connectivity index is 1.28. The summed E-state index contributed by atoms with van der Waals surface area (Å²) in [4.78, 5) is 18.3. The molecule has 1 aliphatic carbocycles. The van der Waals surface area contributed by atoms with E-state index in [9.17, 15) is 9.50 Å². The Morgan fingerprint density at radius 3 is 2.57 bits per heavy atom. The zero-order valence-electron chi connectivity index (χ0n) is 19.9. The first kappa shape index (κ1) is 21.9. The summed E-state index contributed by atoms with van der Waals surface area (Å²) in [6.45, 7) is 5.90. The molecule has 0 amide bonds. The number of anilines is 3. The molecule has 1 aliphatic heterocycles. The van der Waals surface area contributed by atoms with Crippen LogP contribution in [-0.2, 0) is 12.0 Å². The maximum absolute atomic E-state index is 14.7. The van der Waals surface area contributed by atoms with Crippen molar-refractivity contribution in [3.05, 3.63) is 65.9 Å². The summed E-state index contributed by atoms with van der Waals surface area (Å²) in [5.41, 5.74) is 3.14. The van der Waals surface area contributed by atoms with E-state index in [1.165, 1.54) is 18.1 Å². The Kier molecular flexibility index (Phi) is 5.19. The molecule has 0 unspecified atom stereocenters. The molecule has 3 aromatic heterocycles. The van der Waals surface area contributed by atoms with E-state index in [-0.39, 0.29) is 0 Å². The minimum Gasteiger partial charge on any atom is -0.384 e. The number of pyridine rings is 1. The summed E-state index contributed by atoms with van der Waals surface area (Å²) < 4.78 is 16.3. The smallest absolute Gasteiger partial charge is 0.229 e. The molecule has 2 N–H and O–H groups in total. The minimum absolute atomic E-state index is 0.315. The minimum atomic E-state index is -0.981. The normalized spacial score (nSPS) is 20.4. The molecule has 0 radical (unpaired) electrons. The predicted octanol–water partition coefficient (Wildman–Crippen LogP) is 3.60. The van der Waals surface area contributed by atoms with Gasteiger partial charge in [-0.25, -0.2) is 14.4 Å². The Morgan fingerprint density at radius 1 is 1.03 bits per heavy atom. The van der Waals surface area contributed by atoms with Crippen molar-refractivity contribution in [3.8, 4) is 5.82 Å². The van der Waals surface area contributed by atoms with Crippen LogP contribution < -0.4 is 10.2 Å². The molecule has 180 valence electrons. The van der Waals surface area contributed by atoms with Crippen molar-refractivity contribution in [1.29, 1.82) is 0 Å². The van der Waals surface area contributed by atoms with E-state index in [2.05, 4.69) is 49.2 Å². The third kappa shape index (κ3) is 4.00. The molecule has 0 bridgehead atoms. The quantitative estimate of drug-likeness (QED) is 0.469. The summed E-state index contributed by atoms with van der Waals surface area (Å²) in [7, 11) is 2.15. The lowest BCUT2D eigenvalue weighted by molar-refractivity contribution is 0.0553. The Morgan fingerprint density at radius 2 is 1.80 bits per heavy atom. The van der Waals surface area contributed by atoms with Gasteiger partial charge in [0.25, 0.3) is 0 Å². The van der Waals surface area contributed by atoms with Crippen LogP contribution in [0.3, 0.4) is 0 Å². The fraction of sp³-hybridized carbons (Fsp3) is 0.346. The largest absolute Gasteiger partial charge is 0.384 e. The van der Waals surface area contributed by atoms with Gasteiger partial charge in [-0.05, 0) is 62.7 Å². The van der Waals surface area contributed by atoms with Crippen LogP contribution in [-0.4, -0.2) is 62.8 Å². The van der Waals surface area contributed by atoms with Crippen molar-refractivity contribution in [3.63, 3.8) is 0 Å². The molecule has 4 aromatic rings. The second-order valence-corrected chi connectivity index (χ2v) is 9.69. The molecule has 2 aliphatic rings. The SMILES string of the molecule is CN1CCN(c2ccc(Nc3ncc4c(F)cn(-c5ccc6c(n5)[C@@](C)(O)CC6)c4n3)cc2)CC1. The van der Waals surface area contributed by atoms with E-state index in [0.717, 1.165) is 43.9 Å². The number of rotatable bonds is 4. The number of likely N-dealkylation sites (N-methyl/N-ethyl adjacent to an activating group) is 1. The van der Waals surface area contributed by atoms with Crippen molar-refractivity contribution < 1.29 is 9.50 Å². The van der Waals surface area contributed by atoms with Crippen LogP contribution in [0.4, 0.5) is 21.7 Å². The third-order valence-corrected chi connectivity index (χ3v) is 7.09. The van der Waals surface area contributed by atoms with Crippen LogP contribution in [0.25, 0.3) is 16.9 Å². The van der Waals surface area contributed by atoms with E-state index in [0.29, 0.717) is 34.9 Å². The van der Waals surface area contributed by atoms with Crippen LogP contribution in [0.15, 0.2) is 48.8 Å². The average Bonchev–Trinajstić information content (AvgIpc) is 3.35. The lowest BCUT2D eigenvalue weighted by Crippen LogP contribution is -2.44. The molecule has 8 nitrogen and oxygen atoms in total. The number of nitrogens with one attached hydrogen (secondary N) is 1. The average molecular weight is 474 g/mol. The Hall–Kier alpha value is -3.56. The highest BCUT2D eigenvalue weighted by Crippen LogP contribution is 2.36. The highest BCUT2D eigenvalue weighted by atomic mass is 19.1. The lowest BCUT2D eigenvalue weighted by atomic mass is 10.0. The van der Waals surface area contributed by atoms with Gasteiger partial charge in [-0.1, -0.05) is 6.07 Å². The number of benzene rings is 1. The highest BCUT2D eigenvalue weighted by molar-refractivity contribution is 5.79. The van der Waals surface area contributed by atoms with E-state index in [1.54, 1.807) is 11.5 Å².